The minimum absolute atomic E-state index is 0.0195. The highest BCUT2D eigenvalue weighted by molar-refractivity contribution is 7.90. The summed E-state index contributed by atoms with van der Waals surface area (Å²) in [6, 6.07) is 10.2. The van der Waals surface area contributed by atoms with Crippen molar-refractivity contribution < 1.29 is 22.7 Å². The maximum atomic E-state index is 12.7. The van der Waals surface area contributed by atoms with E-state index in [2.05, 4.69) is 25.3 Å². The summed E-state index contributed by atoms with van der Waals surface area (Å²) in [6.07, 6.45) is 1.60. The number of hydrogen-bond acceptors (Lipinski definition) is 9. The van der Waals surface area contributed by atoms with Crippen LogP contribution in [-0.4, -0.2) is 41.5 Å². The van der Waals surface area contributed by atoms with Gasteiger partial charge >= 0.3 is 12.0 Å². The smallest absolute Gasteiger partial charge is 0.335 e. The van der Waals surface area contributed by atoms with Gasteiger partial charge in [-0.2, -0.15) is 15.0 Å². The van der Waals surface area contributed by atoms with Crippen LogP contribution in [0.1, 0.15) is 11.5 Å². The number of carbonyl (C=O) groups excluding carboxylic acids is 1. The summed E-state index contributed by atoms with van der Waals surface area (Å²) < 4.78 is 37.8. The molecule has 0 unspecified atom stereocenters. The van der Waals surface area contributed by atoms with E-state index in [0.29, 0.717) is 5.69 Å². The number of methoxy groups -OCH3 is 1. The molecule has 2 aromatic heterocycles. The van der Waals surface area contributed by atoms with E-state index in [1.165, 1.54) is 25.3 Å². The lowest BCUT2D eigenvalue weighted by molar-refractivity contribution is 0.256. The van der Waals surface area contributed by atoms with E-state index in [-0.39, 0.29) is 35.0 Å². The van der Waals surface area contributed by atoms with Crippen LogP contribution in [0.5, 0.6) is 11.8 Å². The maximum absolute atomic E-state index is 12.7. The van der Waals surface area contributed by atoms with Crippen LogP contribution in [0.3, 0.4) is 0 Å². The molecule has 0 fully saturated rings. The van der Waals surface area contributed by atoms with Gasteiger partial charge in [0.15, 0.2) is 0 Å². The number of aromatic nitrogens is 4. The average Bonchev–Trinajstić information content (AvgIpc) is 2.72. The molecule has 30 heavy (non-hydrogen) atoms. The second kappa shape index (κ2) is 9.13. The number of aryl methyl sites for hydroxylation is 1. The first-order valence-electron chi connectivity index (χ1n) is 8.59. The molecule has 1 aromatic carbocycles. The number of sulfonamides is 1. The Morgan fingerprint density at radius 2 is 1.83 bits per heavy atom. The fourth-order valence-corrected chi connectivity index (χ4v) is 3.39. The molecule has 12 heteroatoms. The third-order valence-electron chi connectivity index (χ3n) is 3.60. The molecule has 0 spiro atoms. The molecule has 0 saturated heterocycles. The highest BCUT2D eigenvalue weighted by atomic mass is 32.2. The molecule has 0 aliphatic rings. The fraction of sp³-hybridized carbons (Fsp3) is 0.167. The lowest BCUT2D eigenvalue weighted by Gasteiger charge is -2.13. The normalized spacial score (nSPS) is 10.9. The maximum Gasteiger partial charge on any atom is 0.335 e. The molecular weight excluding hydrogens is 412 g/mol. The van der Waals surface area contributed by atoms with Crippen molar-refractivity contribution >= 4 is 22.0 Å². The van der Waals surface area contributed by atoms with Crippen molar-refractivity contribution in [2.24, 2.45) is 0 Å². The zero-order valence-electron chi connectivity index (χ0n) is 16.1. The molecule has 0 bridgehead atoms. The molecular formula is C18H18N6O5S. The number of benzene rings is 1. The number of anilines is 1. The van der Waals surface area contributed by atoms with Gasteiger partial charge in [0.05, 0.1) is 12.8 Å². The van der Waals surface area contributed by atoms with Gasteiger partial charge in [0, 0.05) is 6.20 Å². The SMILES string of the molecule is COc1nc(C)nc(NC(=O)NS(=O)(=O)c2ccccc2OCc2ccccn2)n1. The number of para-hydroxylation sites is 1. The van der Waals surface area contributed by atoms with Crippen LogP contribution >= 0.6 is 0 Å². The second-order valence-electron chi connectivity index (χ2n) is 5.81. The van der Waals surface area contributed by atoms with Gasteiger partial charge in [0.25, 0.3) is 10.0 Å². The minimum atomic E-state index is -4.25. The molecule has 156 valence electrons. The molecule has 0 saturated carbocycles. The number of pyridine rings is 1. The Kier molecular flexibility index (Phi) is 6.37. The van der Waals surface area contributed by atoms with E-state index in [1.54, 1.807) is 37.4 Å². The number of carbonyl (C=O) groups is 1. The van der Waals surface area contributed by atoms with Crippen molar-refractivity contribution in [3.05, 3.63) is 60.2 Å². The molecule has 11 nitrogen and oxygen atoms in total. The number of rotatable bonds is 7. The quantitative estimate of drug-likeness (QED) is 0.571. The zero-order valence-corrected chi connectivity index (χ0v) is 16.9. The lowest BCUT2D eigenvalue weighted by atomic mass is 10.3. The molecule has 2 N–H and O–H groups in total. The van der Waals surface area contributed by atoms with Crippen LogP contribution in [0.15, 0.2) is 53.6 Å². The van der Waals surface area contributed by atoms with E-state index < -0.39 is 16.1 Å². The summed E-state index contributed by atoms with van der Waals surface area (Å²) in [5.74, 6) is 0.195. The molecule has 3 aromatic rings. The van der Waals surface area contributed by atoms with Gasteiger partial charge < -0.3 is 9.47 Å². The molecule has 0 radical (unpaired) electrons. The largest absolute Gasteiger partial charge is 0.486 e. The van der Waals surface area contributed by atoms with Crippen molar-refractivity contribution in [1.82, 2.24) is 24.7 Å². The first-order chi connectivity index (χ1) is 14.4. The highest BCUT2D eigenvalue weighted by Crippen LogP contribution is 2.24. The zero-order chi connectivity index (χ0) is 21.6. The number of ether oxygens (including phenoxy) is 2. The van der Waals surface area contributed by atoms with Gasteiger partial charge in [-0.15, -0.1) is 0 Å². The van der Waals surface area contributed by atoms with Crippen LogP contribution in [-0.2, 0) is 16.6 Å². The topological polar surface area (TPSA) is 145 Å². The Labute approximate surface area is 172 Å². The number of nitrogens with one attached hydrogen (secondary N) is 2. The standard InChI is InChI=1S/C18H18N6O5S/c1-12-20-16(23-18(21-12)28-2)22-17(25)24-30(26,27)15-9-4-3-8-14(15)29-11-13-7-5-6-10-19-13/h3-10H,11H2,1-2H3,(H2,20,21,22,23,24,25). The van der Waals surface area contributed by atoms with E-state index in [9.17, 15) is 13.2 Å². The van der Waals surface area contributed by atoms with Crippen molar-refractivity contribution in [3.8, 4) is 11.8 Å². The van der Waals surface area contributed by atoms with E-state index in [4.69, 9.17) is 9.47 Å². The van der Waals surface area contributed by atoms with Gasteiger partial charge in [0.2, 0.25) is 5.95 Å². The second-order valence-corrected chi connectivity index (χ2v) is 7.46. The summed E-state index contributed by atoms with van der Waals surface area (Å²) in [7, 11) is -2.90. The molecule has 3 rings (SSSR count). The third kappa shape index (κ3) is 5.38. The predicted molar refractivity (Wildman–Crippen MR) is 105 cm³/mol. The summed E-state index contributed by atoms with van der Waals surface area (Å²) in [5, 5.41) is 2.24. The Morgan fingerprint density at radius 3 is 2.57 bits per heavy atom. The fourth-order valence-electron chi connectivity index (χ4n) is 2.34. The summed E-state index contributed by atoms with van der Waals surface area (Å²) in [4.78, 5) is 27.7. The van der Waals surface area contributed by atoms with Gasteiger partial charge in [-0.25, -0.2) is 17.9 Å². The first-order valence-corrected chi connectivity index (χ1v) is 10.1. The number of nitrogens with zero attached hydrogens (tertiary/aromatic N) is 4. The third-order valence-corrected chi connectivity index (χ3v) is 4.97. The summed E-state index contributed by atoms with van der Waals surface area (Å²) in [5.41, 5.74) is 0.620. The highest BCUT2D eigenvalue weighted by Gasteiger charge is 2.23. The lowest BCUT2D eigenvalue weighted by Crippen LogP contribution is -2.35. The van der Waals surface area contributed by atoms with Crippen molar-refractivity contribution in [1.29, 1.82) is 0 Å². The van der Waals surface area contributed by atoms with Crippen LogP contribution in [0.4, 0.5) is 10.7 Å². The monoisotopic (exact) mass is 430 g/mol. The van der Waals surface area contributed by atoms with Gasteiger partial charge in [-0.1, -0.05) is 18.2 Å². The van der Waals surface area contributed by atoms with Gasteiger partial charge in [-0.05, 0) is 31.2 Å². The van der Waals surface area contributed by atoms with E-state index in [0.717, 1.165) is 0 Å². The van der Waals surface area contributed by atoms with Gasteiger partial charge in [0.1, 0.15) is 23.1 Å². The first kappa shape index (κ1) is 20.9. The van der Waals surface area contributed by atoms with Crippen LogP contribution in [0.2, 0.25) is 0 Å². The number of amides is 2. The Bertz CT molecular complexity index is 1140. The molecule has 2 heterocycles. The van der Waals surface area contributed by atoms with E-state index in [1.807, 2.05) is 4.72 Å². The molecule has 2 amide bonds. The Morgan fingerprint density at radius 1 is 1.07 bits per heavy atom. The van der Waals surface area contributed by atoms with Gasteiger partial charge in [-0.3, -0.25) is 10.3 Å². The Balaban J connectivity index is 1.74. The summed E-state index contributed by atoms with van der Waals surface area (Å²) in [6.45, 7) is 1.63. The van der Waals surface area contributed by atoms with E-state index >= 15 is 0 Å². The molecule has 0 aliphatic heterocycles. The minimum Gasteiger partial charge on any atom is -0.486 e. The number of urea groups is 1. The van der Waals surface area contributed by atoms with Crippen molar-refractivity contribution in [2.45, 2.75) is 18.4 Å². The van der Waals surface area contributed by atoms with Crippen LogP contribution < -0.4 is 19.5 Å². The van der Waals surface area contributed by atoms with Crippen molar-refractivity contribution in [3.63, 3.8) is 0 Å². The average molecular weight is 430 g/mol. The van der Waals surface area contributed by atoms with Crippen LogP contribution in [0, 0.1) is 6.92 Å². The van der Waals surface area contributed by atoms with Crippen LogP contribution in [0.25, 0.3) is 0 Å². The molecule has 0 aliphatic carbocycles. The predicted octanol–water partition coefficient (Wildman–Crippen LogP) is 1.67. The van der Waals surface area contributed by atoms with Crippen molar-refractivity contribution in [2.75, 3.05) is 12.4 Å². The number of hydrogen-bond donors (Lipinski definition) is 2. The summed E-state index contributed by atoms with van der Waals surface area (Å²) >= 11 is 0. The molecule has 0 atom stereocenters. The Hall–Kier alpha value is -3.80.